The van der Waals surface area contributed by atoms with Crippen LogP contribution in [0, 0.1) is 0 Å². The van der Waals surface area contributed by atoms with E-state index in [9.17, 15) is 0 Å². The molecule has 0 saturated heterocycles. The van der Waals surface area contributed by atoms with Crippen LogP contribution in [0.2, 0.25) is 5.02 Å². The van der Waals surface area contributed by atoms with Gasteiger partial charge in [-0.25, -0.2) is 4.98 Å². The highest BCUT2D eigenvalue weighted by Gasteiger charge is 2.15. The van der Waals surface area contributed by atoms with Crippen LogP contribution in [-0.4, -0.2) is 4.98 Å². The highest BCUT2D eigenvalue weighted by molar-refractivity contribution is 7.26. The molecule has 4 heteroatoms. The van der Waals surface area contributed by atoms with E-state index in [2.05, 4.69) is 12.1 Å². The number of thiophene rings is 1. The van der Waals surface area contributed by atoms with E-state index >= 15 is 0 Å². The van der Waals surface area contributed by atoms with Crippen molar-refractivity contribution in [1.29, 1.82) is 0 Å². The average molecular weight is 336 g/mol. The maximum atomic E-state index is 6.35. The van der Waals surface area contributed by atoms with Gasteiger partial charge in [0.25, 0.3) is 0 Å². The Morgan fingerprint density at radius 3 is 2.65 bits per heavy atom. The lowest BCUT2D eigenvalue weighted by Crippen LogP contribution is -1.75. The third-order valence-corrected chi connectivity index (χ3v) is 5.62. The molecule has 0 aliphatic carbocycles. The Morgan fingerprint density at radius 2 is 1.78 bits per heavy atom. The van der Waals surface area contributed by atoms with Gasteiger partial charge in [0.1, 0.15) is 5.52 Å². The minimum atomic E-state index is 0.648. The van der Waals surface area contributed by atoms with Crippen LogP contribution < -0.4 is 0 Å². The average Bonchev–Trinajstić information content (AvgIpc) is 3.17. The molecule has 2 nitrogen and oxygen atoms in total. The zero-order chi connectivity index (χ0) is 15.4. The zero-order valence-corrected chi connectivity index (χ0v) is 13.5. The molecule has 5 rings (SSSR count). The number of aromatic nitrogens is 1. The number of fused-ring (bicyclic) bond motifs is 5. The summed E-state index contributed by atoms with van der Waals surface area (Å²) >= 11 is 8.04. The molecule has 0 aliphatic heterocycles. The fraction of sp³-hybridized carbons (Fsp3) is 0. The van der Waals surface area contributed by atoms with Crippen molar-refractivity contribution in [2.45, 2.75) is 0 Å². The van der Waals surface area contributed by atoms with Crippen molar-refractivity contribution in [2.24, 2.45) is 0 Å². The molecular weight excluding hydrogens is 326 g/mol. The second-order valence-electron chi connectivity index (χ2n) is 5.39. The predicted molar refractivity (Wildman–Crippen MR) is 97.3 cm³/mol. The summed E-state index contributed by atoms with van der Waals surface area (Å²) in [6.07, 6.45) is 0. The van der Waals surface area contributed by atoms with Crippen molar-refractivity contribution in [3.05, 3.63) is 65.7 Å². The Labute approximate surface area is 140 Å². The summed E-state index contributed by atoms with van der Waals surface area (Å²) in [7, 11) is 0. The van der Waals surface area contributed by atoms with Gasteiger partial charge in [-0.2, -0.15) is 0 Å². The van der Waals surface area contributed by atoms with Gasteiger partial charge in [-0.15, -0.1) is 11.3 Å². The molecule has 0 saturated carbocycles. The molecule has 0 fully saturated rings. The molecule has 5 aromatic rings. The lowest BCUT2D eigenvalue weighted by molar-refractivity contribution is 0.620. The third kappa shape index (κ3) is 1.90. The Morgan fingerprint density at radius 1 is 0.913 bits per heavy atom. The molecule has 2 heterocycles. The van der Waals surface area contributed by atoms with Crippen molar-refractivity contribution in [2.75, 3.05) is 0 Å². The van der Waals surface area contributed by atoms with Crippen LogP contribution in [-0.2, 0) is 0 Å². The maximum Gasteiger partial charge on any atom is 0.227 e. The molecular formula is C19H10ClNOS. The number of halogens is 1. The summed E-state index contributed by atoms with van der Waals surface area (Å²) in [5.41, 5.74) is 2.68. The Hall–Kier alpha value is -2.36. The van der Waals surface area contributed by atoms with E-state index in [1.807, 2.05) is 48.5 Å². The summed E-state index contributed by atoms with van der Waals surface area (Å²) in [6, 6.07) is 20.0. The first kappa shape index (κ1) is 13.1. The quantitative estimate of drug-likeness (QED) is 0.348. The molecule has 23 heavy (non-hydrogen) atoms. The third-order valence-electron chi connectivity index (χ3n) is 3.99. The number of hydrogen-bond acceptors (Lipinski definition) is 3. The second-order valence-corrected chi connectivity index (χ2v) is 6.85. The number of hydrogen-bond donors (Lipinski definition) is 0. The van der Waals surface area contributed by atoms with Crippen LogP contribution in [0.3, 0.4) is 0 Å². The fourth-order valence-corrected chi connectivity index (χ4v) is 4.34. The van der Waals surface area contributed by atoms with Gasteiger partial charge >= 0.3 is 0 Å². The highest BCUT2D eigenvalue weighted by Crippen LogP contribution is 2.41. The molecule has 110 valence electrons. The van der Waals surface area contributed by atoms with Gasteiger partial charge < -0.3 is 4.42 Å². The Balaban J connectivity index is 1.91. The number of oxazole rings is 1. The van der Waals surface area contributed by atoms with Gasteiger partial charge in [0.15, 0.2) is 5.58 Å². The minimum absolute atomic E-state index is 0.648. The number of nitrogens with zero attached hydrogens (tertiary/aromatic N) is 1. The fourth-order valence-electron chi connectivity index (χ4n) is 2.94. The summed E-state index contributed by atoms with van der Waals surface area (Å²) < 4.78 is 8.24. The second kappa shape index (κ2) is 4.82. The molecule has 0 amide bonds. The van der Waals surface area contributed by atoms with Gasteiger partial charge in [-0.1, -0.05) is 41.9 Å². The lowest BCUT2D eigenvalue weighted by atomic mass is 10.1. The van der Waals surface area contributed by atoms with Crippen LogP contribution in [0.4, 0.5) is 0 Å². The molecule has 0 radical (unpaired) electrons. The predicted octanol–water partition coefficient (Wildman–Crippen LogP) is 6.52. The van der Waals surface area contributed by atoms with E-state index in [4.69, 9.17) is 21.0 Å². The van der Waals surface area contributed by atoms with E-state index in [0.717, 1.165) is 37.2 Å². The summed E-state index contributed by atoms with van der Waals surface area (Å²) in [6.45, 7) is 0. The molecule has 0 unspecified atom stereocenters. The normalized spacial score (nSPS) is 11.7. The van der Waals surface area contributed by atoms with Gasteiger partial charge in [0, 0.05) is 21.0 Å². The van der Waals surface area contributed by atoms with Crippen molar-refractivity contribution in [3.63, 3.8) is 0 Å². The SMILES string of the molecule is Clc1cccc2c1sc1ccc3oc(-c4ccccc4)nc3c12. The van der Waals surface area contributed by atoms with Crippen molar-refractivity contribution in [3.8, 4) is 11.5 Å². The van der Waals surface area contributed by atoms with Gasteiger partial charge in [0.05, 0.1) is 9.72 Å². The van der Waals surface area contributed by atoms with Crippen LogP contribution in [0.1, 0.15) is 0 Å². The Kier molecular flexibility index (Phi) is 2.75. The molecule has 0 atom stereocenters. The summed E-state index contributed by atoms with van der Waals surface area (Å²) in [5, 5.41) is 3.04. The van der Waals surface area contributed by atoms with E-state index in [1.54, 1.807) is 11.3 Å². The topological polar surface area (TPSA) is 26.0 Å². The van der Waals surface area contributed by atoms with E-state index in [1.165, 1.54) is 4.70 Å². The van der Waals surface area contributed by atoms with Gasteiger partial charge in [0.2, 0.25) is 5.89 Å². The minimum Gasteiger partial charge on any atom is -0.436 e. The molecule has 0 bridgehead atoms. The first-order valence-electron chi connectivity index (χ1n) is 7.27. The van der Waals surface area contributed by atoms with Crippen molar-refractivity contribution in [1.82, 2.24) is 4.98 Å². The zero-order valence-electron chi connectivity index (χ0n) is 11.9. The molecule has 0 aliphatic rings. The van der Waals surface area contributed by atoms with E-state index in [0.29, 0.717) is 5.89 Å². The highest BCUT2D eigenvalue weighted by atomic mass is 35.5. The lowest BCUT2D eigenvalue weighted by Gasteiger charge is -1.93. The standard InChI is InChI=1S/C19H10ClNOS/c20-13-8-4-7-12-16-15(23-18(12)13)10-9-14-17(16)21-19(22-14)11-5-2-1-3-6-11/h1-10H. The first-order chi connectivity index (χ1) is 11.3. The molecule has 0 N–H and O–H groups in total. The van der Waals surface area contributed by atoms with E-state index < -0.39 is 0 Å². The number of rotatable bonds is 1. The van der Waals surface area contributed by atoms with E-state index in [-0.39, 0.29) is 0 Å². The van der Waals surface area contributed by atoms with Crippen LogP contribution in [0.5, 0.6) is 0 Å². The molecule has 2 aromatic heterocycles. The van der Waals surface area contributed by atoms with Crippen LogP contribution >= 0.6 is 22.9 Å². The molecule has 0 spiro atoms. The van der Waals surface area contributed by atoms with Crippen molar-refractivity contribution >= 4 is 54.2 Å². The summed E-state index contributed by atoms with van der Waals surface area (Å²) in [5.74, 6) is 0.648. The smallest absolute Gasteiger partial charge is 0.227 e. The monoisotopic (exact) mass is 335 g/mol. The summed E-state index contributed by atoms with van der Waals surface area (Å²) in [4.78, 5) is 4.76. The van der Waals surface area contributed by atoms with Crippen LogP contribution in [0.25, 0.3) is 42.7 Å². The first-order valence-corrected chi connectivity index (χ1v) is 8.46. The largest absolute Gasteiger partial charge is 0.436 e. The van der Waals surface area contributed by atoms with Gasteiger partial charge in [-0.05, 0) is 30.3 Å². The maximum absolute atomic E-state index is 6.35. The molecule has 3 aromatic carbocycles. The van der Waals surface area contributed by atoms with Crippen LogP contribution in [0.15, 0.2) is 65.1 Å². The van der Waals surface area contributed by atoms with Crippen molar-refractivity contribution < 1.29 is 4.42 Å². The Bertz CT molecular complexity index is 1170. The van der Waals surface area contributed by atoms with Gasteiger partial charge in [-0.3, -0.25) is 0 Å². The number of benzene rings is 3.